The number of carbonyl (C=O) groups is 2. The second-order valence-corrected chi connectivity index (χ2v) is 6.92. The van der Waals surface area contributed by atoms with Crippen LogP contribution in [0.1, 0.15) is 11.1 Å². The molecule has 0 aromatic heterocycles. The van der Waals surface area contributed by atoms with E-state index in [1.54, 1.807) is 12.1 Å². The van der Waals surface area contributed by atoms with E-state index in [9.17, 15) is 9.59 Å². The number of benzene rings is 2. The summed E-state index contributed by atoms with van der Waals surface area (Å²) in [6.07, 6.45) is -0.498. The van der Waals surface area contributed by atoms with Gasteiger partial charge < -0.3 is 4.90 Å². The molecule has 132 valence electrons. The number of hydrogen-bond donors (Lipinski definition) is 0. The first-order valence-electron chi connectivity index (χ1n) is 8.44. The average Bonchev–Trinajstić information content (AvgIpc) is 3.04. The lowest BCUT2D eigenvalue weighted by Gasteiger charge is -2.27. The minimum atomic E-state index is -0.605. The summed E-state index contributed by atoms with van der Waals surface area (Å²) in [5, 5.41) is 5.14. The fourth-order valence-corrected chi connectivity index (χ4v) is 3.49. The molecule has 2 aromatic rings. The van der Waals surface area contributed by atoms with E-state index >= 15 is 0 Å². The van der Waals surface area contributed by atoms with E-state index in [4.69, 9.17) is 11.6 Å². The summed E-state index contributed by atoms with van der Waals surface area (Å²) in [7, 11) is 0. The van der Waals surface area contributed by atoms with Gasteiger partial charge in [-0.2, -0.15) is 0 Å². The van der Waals surface area contributed by atoms with Crippen molar-refractivity contribution >= 4 is 29.1 Å². The number of fused-ring (bicyclic) bond motifs is 1. The second kappa shape index (κ2) is 6.53. The van der Waals surface area contributed by atoms with Crippen LogP contribution in [0, 0.1) is 6.92 Å². The van der Waals surface area contributed by atoms with E-state index in [0.717, 1.165) is 11.3 Å². The van der Waals surface area contributed by atoms with Gasteiger partial charge in [0.05, 0.1) is 0 Å². The van der Waals surface area contributed by atoms with Gasteiger partial charge in [0.25, 0.3) is 6.29 Å². The largest absolute Gasteiger partial charge is 0.502 e. The summed E-state index contributed by atoms with van der Waals surface area (Å²) in [5.41, 5.74) is 2.98. The Morgan fingerprint density at radius 1 is 1.12 bits per heavy atom. The van der Waals surface area contributed by atoms with Gasteiger partial charge in [-0.05, 0) is 35.9 Å². The van der Waals surface area contributed by atoms with Gasteiger partial charge in [0.15, 0.2) is 0 Å². The predicted molar refractivity (Wildman–Crippen MR) is 96.9 cm³/mol. The zero-order valence-corrected chi connectivity index (χ0v) is 15.1. The number of hydrogen-bond acceptors (Lipinski definition) is 4. The van der Waals surface area contributed by atoms with Crippen molar-refractivity contribution in [3.8, 4) is 0 Å². The van der Waals surface area contributed by atoms with Crippen molar-refractivity contribution in [2.75, 3.05) is 18.0 Å². The SMILES string of the molecule is Cc1ccc(N2CCN3C(=O)C(=O)[N+](Cc4cccc(Cl)c4)=NC32)cc1. The fourth-order valence-electron chi connectivity index (χ4n) is 3.28. The molecule has 4 rings (SSSR count). The highest BCUT2D eigenvalue weighted by Crippen LogP contribution is 2.27. The maximum absolute atomic E-state index is 12.5. The molecule has 1 unspecified atom stereocenters. The fraction of sp³-hybridized carbons (Fsp3) is 0.263. The number of amides is 2. The Bertz CT molecular complexity index is 910. The molecule has 0 spiro atoms. The molecule has 2 amide bonds. The third-order valence-electron chi connectivity index (χ3n) is 4.65. The molecule has 0 radical (unpaired) electrons. The first kappa shape index (κ1) is 16.7. The number of halogens is 1. The molecular formula is C19H18ClN4O2+. The maximum atomic E-state index is 12.5. The van der Waals surface area contributed by atoms with Crippen molar-refractivity contribution in [1.82, 2.24) is 4.90 Å². The number of azo groups is 2. The van der Waals surface area contributed by atoms with Gasteiger partial charge in [0.1, 0.15) is 0 Å². The highest BCUT2D eigenvalue weighted by atomic mass is 35.5. The van der Waals surface area contributed by atoms with Gasteiger partial charge in [-0.3, -0.25) is 9.69 Å². The average molecular weight is 370 g/mol. The first-order valence-corrected chi connectivity index (χ1v) is 8.82. The van der Waals surface area contributed by atoms with Crippen LogP contribution in [-0.2, 0) is 16.1 Å². The van der Waals surface area contributed by atoms with Crippen LogP contribution < -0.4 is 4.90 Å². The lowest BCUT2D eigenvalue weighted by molar-refractivity contribution is -0.534. The summed E-state index contributed by atoms with van der Waals surface area (Å²) in [4.78, 5) is 28.5. The van der Waals surface area contributed by atoms with Crippen LogP contribution in [-0.4, -0.2) is 40.8 Å². The summed E-state index contributed by atoms with van der Waals surface area (Å²) in [6, 6.07) is 15.3. The van der Waals surface area contributed by atoms with E-state index in [2.05, 4.69) is 5.11 Å². The number of aryl methyl sites for hydroxylation is 1. The van der Waals surface area contributed by atoms with Gasteiger partial charge in [-0.1, -0.05) is 41.4 Å². The van der Waals surface area contributed by atoms with Crippen LogP contribution in [0.5, 0.6) is 0 Å². The summed E-state index contributed by atoms with van der Waals surface area (Å²) in [5.74, 6) is -1.12. The molecule has 7 heteroatoms. The van der Waals surface area contributed by atoms with Crippen molar-refractivity contribution in [2.45, 2.75) is 19.8 Å². The Morgan fingerprint density at radius 3 is 2.58 bits per heavy atom. The van der Waals surface area contributed by atoms with Crippen molar-refractivity contribution < 1.29 is 14.3 Å². The van der Waals surface area contributed by atoms with Crippen LogP contribution in [0.2, 0.25) is 5.02 Å². The summed E-state index contributed by atoms with van der Waals surface area (Å²) in [6.45, 7) is 3.37. The van der Waals surface area contributed by atoms with Gasteiger partial charge in [0.2, 0.25) is 6.54 Å². The molecule has 0 saturated carbocycles. The number of anilines is 1. The third-order valence-corrected chi connectivity index (χ3v) is 4.88. The Hall–Kier alpha value is -2.73. The lowest BCUT2D eigenvalue weighted by Crippen LogP contribution is -2.51. The minimum absolute atomic E-state index is 0.219. The van der Waals surface area contributed by atoms with Crippen molar-refractivity contribution in [2.24, 2.45) is 5.11 Å². The van der Waals surface area contributed by atoms with Crippen LogP contribution in [0.3, 0.4) is 0 Å². The Kier molecular flexibility index (Phi) is 4.20. The van der Waals surface area contributed by atoms with Gasteiger partial charge in [-0.25, -0.2) is 4.79 Å². The molecule has 0 bridgehead atoms. The minimum Gasteiger partial charge on any atom is -0.326 e. The lowest BCUT2D eigenvalue weighted by atomic mass is 10.2. The van der Waals surface area contributed by atoms with E-state index in [-0.39, 0.29) is 6.54 Å². The molecule has 1 saturated heterocycles. The van der Waals surface area contributed by atoms with E-state index < -0.39 is 18.1 Å². The molecule has 0 N–H and O–H groups in total. The van der Waals surface area contributed by atoms with E-state index in [1.165, 1.54) is 15.2 Å². The quantitative estimate of drug-likeness (QED) is 0.617. The standard InChI is InChI=1S/C19H18ClN4O2/c1-13-5-7-16(8-6-13)22-9-10-23-17(25)18(26)24(21-19(22)23)12-14-3-2-4-15(20)11-14/h2-8,11,19H,9-10,12H2,1H3/q+1. The number of rotatable bonds is 3. The zero-order chi connectivity index (χ0) is 18.3. The molecule has 26 heavy (non-hydrogen) atoms. The first-order chi connectivity index (χ1) is 12.5. The van der Waals surface area contributed by atoms with Crippen molar-refractivity contribution in [1.29, 1.82) is 0 Å². The summed E-state index contributed by atoms with van der Waals surface area (Å²) >= 11 is 6.02. The number of nitrogens with zero attached hydrogens (tertiary/aromatic N) is 4. The maximum Gasteiger partial charge on any atom is 0.502 e. The Balaban J connectivity index is 1.66. The molecule has 2 aliphatic rings. The zero-order valence-electron chi connectivity index (χ0n) is 14.3. The Labute approximate surface area is 156 Å². The predicted octanol–water partition coefficient (Wildman–Crippen LogP) is 2.79. The molecule has 2 heterocycles. The topological polar surface area (TPSA) is 56.0 Å². The molecular weight excluding hydrogens is 352 g/mol. The van der Waals surface area contributed by atoms with Crippen molar-refractivity contribution in [3.05, 3.63) is 64.7 Å². The van der Waals surface area contributed by atoms with Gasteiger partial charge in [0, 0.05) is 34.5 Å². The van der Waals surface area contributed by atoms with Crippen LogP contribution in [0.25, 0.3) is 0 Å². The van der Waals surface area contributed by atoms with E-state index in [0.29, 0.717) is 18.1 Å². The third kappa shape index (κ3) is 2.97. The highest BCUT2D eigenvalue weighted by Gasteiger charge is 2.49. The molecule has 2 aliphatic heterocycles. The van der Waals surface area contributed by atoms with Crippen LogP contribution >= 0.6 is 11.6 Å². The van der Waals surface area contributed by atoms with Gasteiger partial charge >= 0.3 is 11.8 Å². The smallest absolute Gasteiger partial charge is 0.326 e. The van der Waals surface area contributed by atoms with Crippen LogP contribution in [0.4, 0.5) is 5.69 Å². The van der Waals surface area contributed by atoms with E-state index in [1.807, 2.05) is 48.2 Å². The molecule has 1 atom stereocenters. The Morgan fingerprint density at radius 2 is 1.85 bits per heavy atom. The molecule has 1 fully saturated rings. The number of carbonyl (C=O) groups excluding carboxylic acids is 2. The van der Waals surface area contributed by atoms with Crippen molar-refractivity contribution in [3.63, 3.8) is 0 Å². The van der Waals surface area contributed by atoms with Gasteiger partial charge in [-0.15, -0.1) is 0 Å². The highest BCUT2D eigenvalue weighted by molar-refractivity contribution is 6.31. The van der Waals surface area contributed by atoms with Crippen LogP contribution in [0.15, 0.2) is 53.6 Å². The molecule has 6 nitrogen and oxygen atoms in total. The monoisotopic (exact) mass is 369 g/mol. The summed E-state index contributed by atoms with van der Waals surface area (Å²) < 4.78 is 1.25. The molecule has 0 aliphatic carbocycles. The normalized spacial score (nSPS) is 19.6. The molecule has 2 aromatic carbocycles. The second-order valence-electron chi connectivity index (χ2n) is 6.48.